The molecule has 0 aliphatic heterocycles. The van der Waals surface area contributed by atoms with Crippen molar-refractivity contribution in [1.82, 2.24) is 5.48 Å². The van der Waals surface area contributed by atoms with Crippen LogP contribution in [0.25, 0.3) is 0 Å². The van der Waals surface area contributed by atoms with Gasteiger partial charge in [0.2, 0.25) is 0 Å². The molecule has 3 N–H and O–H groups in total. The van der Waals surface area contributed by atoms with Gasteiger partial charge in [-0.05, 0) is 0 Å². The summed E-state index contributed by atoms with van der Waals surface area (Å²) in [7, 11) is 0.465. The van der Waals surface area contributed by atoms with Crippen molar-refractivity contribution in [2.45, 2.75) is 19.6 Å². The molecule has 0 amide bonds. The van der Waals surface area contributed by atoms with Crippen LogP contribution in [0.1, 0.15) is 0 Å². The van der Waals surface area contributed by atoms with Crippen LogP contribution in [0.15, 0.2) is 0 Å². The van der Waals surface area contributed by atoms with Crippen molar-refractivity contribution in [1.29, 1.82) is 0 Å². The number of halogens is 1. The predicted molar refractivity (Wildman–Crippen MR) is 43.5 cm³/mol. The molecule has 9 heavy (non-hydrogen) atoms. The molecule has 0 aromatic rings. The molecule has 0 aromatic heterocycles. The molecule has 0 heterocycles. The zero-order valence-electron chi connectivity index (χ0n) is 6.36. The van der Waals surface area contributed by atoms with Crippen LogP contribution < -0.4 is 10.9 Å². The highest BCUT2D eigenvalue weighted by Crippen LogP contribution is 1.83. The number of hydrogen-bond donors (Lipinski definition) is 2. The van der Waals surface area contributed by atoms with Gasteiger partial charge in [-0.15, -0.1) is 0 Å². The third kappa shape index (κ3) is 178. The smallest absolute Gasteiger partial charge is 0.113 e. The molecule has 0 radical (unpaired) electrons. The second-order valence-corrected chi connectivity index (χ2v) is 7.53. The van der Waals surface area contributed by atoms with Gasteiger partial charge in [-0.3, -0.25) is 0 Å². The first-order chi connectivity index (χ1) is 3.91. The Bertz CT molecular complexity index is 49.0. The summed E-state index contributed by atoms with van der Waals surface area (Å²) in [5.74, 6) is 0. The van der Waals surface area contributed by atoms with E-state index in [2.05, 4.69) is 41.4 Å². The third-order valence-electron chi connectivity index (χ3n) is 0.0772. The molecule has 0 saturated carbocycles. The summed E-state index contributed by atoms with van der Waals surface area (Å²) in [6.45, 7) is 6.31. The number of nitrogens with one attached hydrogen (secondary N) is 1. The Labute approximate surface area is 62.7 Å². The van der Waals surface area contributed by atoms with Crippen molar-refractivity contribution < 1.29 is 4.39 Å². The first-order valence-corrected chi connectivity index (χ1v) is 6.53. The van der Waals surface area contributed by atoms with Crippen LogP contribution >= 0.6 is 11.9 Å². The van der Waals surface area contributed by atoms with Gasteiger partial charge in [-0.1, -0.05) is 19.6 Å². The molecule has 0 bridgehead atoms. The molecule has 3 nitrogen and oxygen atoms in total. The van der Waals surface area contributed by atoms with E-state index in [9.17, 15) is 0 Å². The topological polar surface area (TPSA) is 47.3 Å². The van der Waals surface area contributed by atoms with Gasteiger partial charge in [-0.25, -0.2) is 0 Å². The first-order valence-electron chi connectivity index (χ1n) is 2.65. The minimum absolute atomic E-state index is 1.11. The molecule has 0 aliphatic rings. The fourth-order valence-corrected chi connectivity index (χ4v) is 0. The zero-order chi connectivity index (χ0) is 7.91. The number of hydroxylamine groups is 1. The summed E-state index contributed by atoms with van der Waals surface area (Å²) in [4.78, 5) is 0. The maximum absolute atomic E-state index is 5.49. The quantitative estimate of drug-likeness (QED) is 0.457. The Hall–Kier alpha value is 0.387. The summed E-state index contributed by atoms with van der Waals surface area (Å²) in [6, 6.07) is 0. The molecule has 0 spiro atoms. The fourth-order valence-electron chi connectivity index (χ4n) is 0. The third-order valence-corrected chi connectivity index (χ3v) is 0.231. The van der Waals surface area contributed by atoms with Gasteiger partial charge in [0.05, 0.1) is 11.9 Å². The highest BCUT2D eigenvalue weighted by atomic mass is 35.5. The van der Waals surface area contributed by atoms with Crippen LogP contribution in [-0.2, 0) is 4.39 Å². The van der Waals surface area contributed by atoms with Crippen LogP contribution in [0.5, 0.6) is 0 Å². The summed E-state index contributed by atoms with van der Waals surface area (Å²) in [5, 5.41) is 5.49. The molecule has 0 unspecified atom stereocenters. The molecule has 5 heteroatoms. The van der Waals surface area contributed by atoms with Gasteiger partial charge in [0.15, 0.2) is 0 Å². The van der Waals surface area contributed by atoms with Gasteiger partial charge in [0.25, 0.3) is 0 Å². The highest BCUT2D eigenvalue weighted by Gasteiger charge is 2.00. The summed E-state index contributed by atoms with van der Waals surface area (Å²) >= 11 is 4.57. The van der Waals surface area contributed by atoms with Gasteiger partial charge in [-0.2, -0.15) is 9.87 Å². The summed E-state index contributed by atoms with van der Waals surface area (Å²) in [5.41, 5.74) is 2.20. The Balaban J connectivity index is 0. The minimum atomic E-state index is -1.11. The molecular weight excluding hydrogens is 156 g/mol. The molecule has 0 atom stereocenters. The van der Waals surface area contributed by atoms with E-state index in [0.29, 0.717) is 0 Å². The zero-order valence-corrected chi connectivity index (χ0v) is 8.12. The van der Waals surface area contributed by atoms with E-state index in [1.54, 1.807) is 7.05 Å². The maximum atomic E-state index is 5.49. The Morgan fingerprint density at radius 3 is 1.56 bits per heavy atom. The van der Waals surface area contributed by atoms with E-state index in [-0.39, 0.29) is 0 Å². The lowest BCUT2D eigenvalue weighted by Gasteiger charge is -2.02. The van der Waals surface area contributed by atoms with E-state index in [4.69, 9.17) is 5.40 Å². The minimum Gasteiger partial charge on any atom is -0.351 e. The molecule has 58 valence electrons. The second kappa shape index (κ2) is 6.51. The Kier molecular flexibility index (Phi) is 8.75. The summed E-state index contributed by atoms with van der Waals surface area (Å²) in [6.07, 6.45) is 0. The number of hydrogen-bond acceptors (Lipinski definition) is 3. The van der Waals surface area contributed by atoms with Crippen LogP contribution in [0.4, 0.5) is 0 Å². The Morgan fingerprint density at radius 2 is 1.56 bits per heavy atom. The van der Waals surface area contributed by atoms with E-state index in [0.717, 1.165) is 0 Å². The van der Waals surface area contributed by atoms with Gasteiger partial charge < -0.3 is 5.40 Å². The van der Waals surface area contributed by atoms with Crippen molar-refractivity contribution >= 4 is 20.1 Å². The molecule has 0 aliphatic carbocycles. The highest BCUT2D eigenvalue weighted by molar-refractivity contribution is 6.72. The SMILES string of the molecule is CNOCl.C[Si](C)(C)N. The standard InChI is InChI=1S/C3H11NSi.CH4ClNO/c1-5(2,3)4;1-3-4-2/h4H2,1-3H3;3H,1H3. The Morgan fingerprint density at radius 1 is 1.44 bits per heavy atom. The largest absolute Gasteiger partial charge is 0.351 e. The van der Waals surface area contributed by atoms with Gasteiger partial charge in [0.1, 0.15) is 8.24 Å². The van der Waals surface area contributed by atoms with Crippen LogP contribution in [-0.4, -0.2) is 15.3 Å². The predicted octanol–water partition coefficient (Wildman–Crippen LogP) is 1.07. The van der Waals surface area contributed by atoms with Gasteiger partial charge in [0, 0.05) is 7.05 Å². The van der Waals surface area contributed by atoms with Crippen molar-refractivity contribution in [2.24, 2.45) is 5.40 Å². The average Bonchev–Trinajstić information content (AvgIpc) is 1.61. The summed E-state index contributed by atoms with van der Waals surface area (Å²) < 4.78 is 3.76. The van der Waals surface area contributed by atoms with Crippen molar-refractivity contribution in [2.75, 3.05) is 7.05 Å². The van der Waals surface area contributed by atoms with Crippen molar-refractivity contribution in [3.05, 3.63) is 0 Å². The fraction of sp³-hybridized carbons (Fsp3) is 1.00. The monoisotopic (exact) mass is 170 g/mol. The van der Waals surface area contributed by atoms with Crippen LogP contribution in [0.2, 0.25) is 19.6 Å². The molecule has 0 fully saturated rings. The van der Waals surface area contributed by atoms with E-state index in [1.807, 2.05) is 0 Å². The first kappa shape index (κ1) is 12.1. The molecule has 0 saturated heterocycles. The molecule has 0 rings (SSSR count). The van der Waals surface area contributed by atoms with E-state index < -0.39 is 8.24 Å². The molecule has 0 aromatic carbocycles. The van der Waals surface area contributed by atoms with E-state index >= 15 is 0 Å². The van der Waals surface area contributed by atoms with Crippen LogP contribution in [0, 0.1) is 0 Å². The van der Waals surface area contributed by atoms with Crippen LogP contribution in [0.3, 0.4) is 0 Å². The number of nitrogens with two attached hydrogens (primary N) is 1. The average molecular weight is 171 g/mol. The van der Waals surface area contributed by atoms with Crippen molar-refractivity contribution in [3.8, 4) is 0 Å². The van der Waals surface area contributed by atoms with E-state index in [1.165, 1.54) is 0 Å². The lowest BCUT2D eigenvalue weighted by molar-refractivity contribution is 0.251. The number of rotatable bonds is 1. The molecular formula is C4H15ClN2OSi. The lowest BCUT2D eigenvalue weighted by Crippen LogP contribution is -2.32. The lowest BCUT2D eigenvalue weighted by atomic mass is 11.6. The normalized spacial score (nSPS) is 10.0. The van der Waals surface area contributed by atoms with Crippen molar-refractivity contribution in [3.63, 3.8) is 0 Å². The van der Waals surface area contributed by atoms with Gasteiger partial charge >= 0.3 is 0 Å². The maximum Gasteiger partial charge on any atom is 0.113 e. The second-order valence-electron chi connectivity index (χ2n) is 2.65.